The minimum atomic E-state index is 0.221. The van der Waals surface area contributed by atoms with Crippen LogP contribution >= 0.6 is 12.2 Å². The van der Waals surface area contributed by atoms with Crippen LogP contribution in [0.15, 0.2) is 5.10 Å². The van der Waals surface area contributed by atoms with Crippen LogP contribution in [0, 0.1) is 5.92 Å². The molecule has 0 aliphatic heterocycles. The largest absolute Gasteiger partial charge is 0.375 e. The predicted octanol–water partition coefficient (Wildman–Crippen LogP) is 1.63. The molecule has 1 unspecified atom stereocenters. The Labute approximate surface area is 79.4 Å². The molecule has 0 aliphatic carbocycles. The topological polar surface area (TPSA) is 50.4 Å². The van der Waals surface area contributed by atoms with Crippen molar-refractivity contribution in [3.05, 3.63) is 0 Å². The molecule has 1 atom stereocenters. The molecule has 0 heterocycles. The zero-order valence-electron chi connectivity index (χ0n) is 7.92. The average molecular weight is 187 g/mol. The SMILES string of the molecule is CCC(C)C/C(C)=N\NC(N)=S. The third-order valence-corrected chi connectivity index (χ3v) is 1.79. The van der Waals surface area contributed by atoms with Crippen LogP contribution in [0.1, 0.15) is 33.6 Å². The van der Waals surface area contributed by atoms with Gasteiger partial charge in [0.05, 0.1) is 0 Å². The van der Waals surface area contributed by atoms with Crippen molar-refractivity contribution in [3.63, 3.8) is 0 Å². The molecule has 4 heteroatoms. The molecule has 0 saturated heterocycles. The van der Waals surface area contributed by atoms with Crippen LogP contribution in [-0.4, -0.2) is 10.8 Å². The average Bonchev–Trinajstić information content (AvgIpc) is 2.00. The molecule has 0 bridgehead atoms. The Bertz CT molecular complexity index is 177. The number of hydrogen-bond acceptors (Lipinski definition) is 2. The Kier molecular flexibility index (Phi) is 5.62. The fourth-order valence-electron chi connectivity index (χ4n) is 0.845. The van der Waals surface area contributed by atoms with Crippen LogP contribution in [0.25, 0.3) is 0 Å². The quantitative estimate of drug-likeness (QED) is 0.399. The highest BCUT2D eigenvalue weighted by molar-refractivity contribution is 7.80. The minimum absolute atomic E-state index is 0.221. The van der Waals surface area contributed by atoms with Gasteiger partial charge in [-0.25, -0.2) is 0 Å². The van der Waals surface area contributed by atoms with Crippen molar-refractivity contribution < 1.29 is 0 Å². The number of thiocarbonyl (C=S) groups is 1. The van der Waals surface area contributed by atoms with Crippen LogP contribution in [0.3, 0.4) is 0 Å². The van der Waals surface area contributed by atoms with Gasteiger partial charge in [0.25, 0.3) is 0 Å². The van der Waals surface area contributed by atoms with Crippen LogP contribution in [0.2, 0.25) is 0 Å². The number of hydrogen-bond donors (Lipinski definition) is 2. The van der Waals surface area contributed by atoms with Gasteiger partial charge in [-0.15, -0.1) is 0 Å². The Balaban J connectivity index is 3.77. The lowest BCUT2D eigenvalue weighted by Crippen LogP contribution is -2.25. The summed E-state index contributed by atoms with van der Waals surface area (Å²) in [4.78, 5) is 0. The molecule has 3 N–H and O–H groups in total. The molecule has 0 rings (SSSR count). The van der Waals surface area contributed by atoms with Crippen molar-refractivity contribution in [2.24, 2.45) is 16.8 Å². The van der Waals surface area contributed by atoms with E-state index in [0.717, 1.165) is 12.1 Å². The van der Waals surface area contributed by atoms with E-state index >= 15 is 0 Å². The highest BCUT2D eigenvalue weighted by atomic mass is 32.1. The Hall–Kier alpha value is -0.640. The molecular formula is C8H17N3S. The number of nitrogens with zero attached hydrogens (tertiary/aromatic N) is 1. The highest BCUT2D eigenvalue weighted by Crippen LogP contribution is 2.06. The van der Waals surface area contributed by atoms with Crippen LogP contribution in [0.5, 0.6) is 0 Å². The molecule has 0 radical (unpaired) electrons. The second-order valence-electron chi connectivity index (χ2n) is 3.04. The van der Waals surface area contributed by atoms with E-state index in [2.05, 4.69) is 36.6 Å². The molecular weight excluding hydrogens is 170 g/mol. The zero-order valence-corrected chi connectivity index (χ0v) is 8.74. The van der Waals surface area contributed by atoms with E-state index in [1.807, 2.05) is 6.92 Å². The summed E-state index contributed by atoms with van der Waals surface area (Å²) in [6.45, 7) is 6.33. The summed E-state index contributed by atoms with van der Waals surface area (Å²) in [5.74, 6) is 0.668. The molecule has 3 nitrogen and oxygen atoms in total. The normalized spacial score (nSPS) is 14.1. The zero-order chi connectivity index (χ0) is 9.56. The number of hydrazone groups is 1. The summed E-state index contributed by atoms with van der Waals surface area (Å²) < 4.78 is 0. The summed E-state index contributed by atoms with van der Waals surface area (Å²) in [5.41, 5.74) is 8.83. The molecule has 0 aliphatic rings. The van der Waals surface area contributed by atoms with Crippen molar-refractivity contribution in [1.82, 2.24) is 5.43 Å². The molecule has 12 heavy (non-hydrogen) atoms. The minimum Gasteiger partial charge on any atom is -0.375 e. The highest BCUT2D eigenvalue weighted by Gasteiger charge is 2.00. The molecule has 0 aromatic rings. The third kappa shape index (κ3) is 6.09. The van der Waals surface area contributed by atoms with Crippen molar-refractivity contribution in [2.75, 3.05) is 0 Å². The van der Waals surface area contributed by atoms with Gasteiger partial charge in [0.2, 0.25) is 0 Å². The first-order chi connectivity index (χ1) is 5.56. The lowest BCUT2D eigenvalue weighted by Gasteiger charge is -2.07. The van der Waals surface area contributed by atoms with Gasteiger partial charge in [-0.3, -0.25) is 5.43 Å². The first-order valence-electron chi connectivity index (χ1n) is 4.14. The monoisotopic (exact) mass is 187 g/mol. The van der Waals surface area contributed by atoms with Gasteiger partial charge in [-0.2, -0.15) is 5.10 Å². The smallest absolute Gasteiger partial charge is 0.184 e. The Morgan fingerprint density at radius 2 is 2.25 bits per heavy atom. The number of rotatable bonds is 4. The van der Waals surface area contributed by atoms with E-state index in [1.54, 1.807) is 0 Å². The molecule has 0 saturated carbocycles. The van der Waals surface area contributed by atoms with E-state index in [-0.39, 0.29) is 5.11 Å². The summed E-state index contributed by atoms with van der Waals surface area (Å²) in [5, 5.41) is 4.23. The second-order valence-corrected chi connectivity index (χ2v) is 3.48. The van der Waals surface area contributed by atoms with Gasteiger partial charge in [0.1, 0.15) is 0 Å². The lowest BCUT2D eigenvalue weighted by atomic mass is 10.0. The van der Waals surface area contributed by atoms with Crippen molar-refractivity contribution in [3.8, 4) is 0 Å². The van der Waals surface area contributed by atoms with E-state index < -0.39 is 0 Å². The third-order valence-electron chi connectivity index (χ3n) is 1.70. The maximum Gasteiger partial charge on any atom is 0.184 e. The van der Waals surface area contributed by atoms with Gasteiger partial charge in [-0.05, 0) is 31.5 Å². The molecule has 0 aromatic carbocycles. The molecule has 70 valence electrons. The predicted molar refractivity (Wildman–Crippen MR) is 57.1 cm³/mol. The van der Waals surface area contributed by atoms with Crippen molar-refractivity contribution in [1.29, 1.82) is 0 Å². The lowest BCUT2D eigenvalue weighted by molar-refractivity contribution is 0.584. The van der Waals surface area contributed by atoms with Crippen molar-refractivity contribution in [2.45, 2.75) is 33.6 Å². The maximum atomic E-state index is 5.22. The fourth-order valence-corrected chi connectivity index (χ4v) is 0.890. The van der Waals surface area contributed by atoms with Crippen LogP contribution in [0.4, 0.5) is 0 Å². The molecule has 0 amide bonds. The van der Waals surface area contributed by atoms with Crippen LogP contribution in [-0.2, 0) is 0 Å². The Morgan fingerprint density at radius 3 is 2.67 bits per heavy atom. The van der Waals surface area contributed by atoms with Crippen molar-refractivity contribution >= 4 is 23.0 Å². The van der Waals surface area contributed by atoms with Gasteiger partial charge in [-0.1, -0.05) is 20.3 Å². The van der Waals surface area contributed by atoms with E-state index in [1.165, 1.54) is 6.42 Å². The summed E-state index contributed by atoms with van der Waals surface area (Å²) >= 11 is 4.62. The first kappa shape index (κ1) is 11.4. The molecule has 0 fully saturated rings. The van der Waals surface area contributed by atoms with Gasteiger partial charge in [0, 0.05) is 5.71 Å². The van der Waals surface area contributed by atoms with Crippen LogP contribution < -0.4 is 11.2 Å². The van der Waals surface area contributed by atoms with E-state index in [9.17, 15) is 0 Å². The number of nitrogens with two attached hydrogens (primary N) is 1. The fraction of sp³-hybridized carbons (Fsp3) is 0.750. The summed E-state index contributed by atoms with van der Waals surface area (Å²) in [6.07, 6.45) is 2.16. The van der Waals surface area contributed by atoms with E-state index in [4.69, 9.17) is 5.73 Å². The maximum absolute atomic E-state index is 5.22. The molecule has 0 aromatic heterocycles. The molecule has 0 spiro atoms. The van der Waals surface area contributed by atoms with Gasteiger partial charge in [0.15, 0.2) is 5.11 Å². The van der Waals surface area contributed by atoms with Gasteiger partial charge < -0.3 is 5.73 Å². The standard InChI is InChI=1S/C8H17N3S/c1-4-6(2)5-7(3)10-11-8(9)12/h6H,4-5H2,1-3H3,(H3,9,11,12)/b10-7-. The summed E-state index contributed by atoms with van der Waals surface area (Å²) in [7, 11) is 0. The second kappa shape index (κ2) is 5.94. The first-order valence-corrected chi connectivity index (χ1v) is 4.55. The van der Waals surface area contributed by atoms with Gasteiger partial charge >= 0.3 is 0 Å². The number of nitrogens with one attached hydrogen (secondary N) is 1. The Morgan fingerprint density at radius 1 is 1.67 bits per heavy atom. The summed E-state index contributed by atoms with van der Waals surface area (Å²) in [6, 6.07) is 0. The van der Waals surface area contributed by atoms with E-state index in [0.29, 0.717) is 5.92 Å².